The molecule has 0 saturated carbocycles. The zero-order valence-corrected chi connectivity index (χ0v) is 19.0. The standard InChI is InChI=1S/C28H22N4O4/c29-25(33)18-6-8-19(9-7-18)27(35)31-23-14-16-24(17-15-23)32-28(36)21-12-10-20(11-13-21)26(34)30-22-4-2-1-3-5-22/h1-17H,(H2,29,33)(H,30,34)(H,31,35)(H,32,36). The minimum Gasteiger partial charge on any atom is -0.366 e. The Labute approximate surface area is 207 Å². The predicted octanol–water partition coefficient (Wildman–Crippen LogP) is 4.54. The van der Waals surface area contributed by atoms with Gasteiger partial charge in [-0.1, -0.05) is 18.2 Å². The van der Waals surface area contributed by atoms with Gasteiger partial charge in [0.25, 0.3) is 17.7 Å². The van der Waals surface area contributed by atoms with Gasteiger partial charge in [-0.3, -0.25) is 19.2 Å². The SMILES string of the molecule is NC(=O)c1ccc(C(=O)Nc2ccc(NC(=O)c3ccc(C(=O)Nc4ccccc4)cc3)cc2)cc1. The van der Waals surface area contributed by atoms with Gasteiger partial charge in [-0.15, -0.1) is 0 Å². The van der Waals surface area contributed by atoms with E-state index in [0.717, 1.165) is 0 Å². The van der Waals surface area contributed by atoms with Crippen LogP contribution < -0.4 is 21.7 Å². The Morgan fingerprint density at radius 1 is 0.417 bits per heavy atom. The molecule has 0 aliphatic rings. The minimum atomic E-state index is -0.566. The highest BCUT2D eigenvalue weighted by Crippen LogP contribution is 2.17. The summed E-state index contributed by atoms with van der Waals surface area (Å²) in [6, 6.07) is 28.0. The topological polar surface area (TPSA) is 130 Å². The van der Waals surface area contributed by atoms with E-state index in [9.17, 15) is 19.2 Å². The third-order valence-electron chi connectivity index (χ3n) is 5.27. The highest BCUT2D eigenvalue weighted by atomic mass is 16.2. The van der Waals surface area contributed by atoms with E-state index in [1.165, 1.54) is 24.3 Å². The van der Waals surface area contributed by atoms with Gasteiger partial charge < -0.3 is 21.7 Å². The summed E-state index contributed by atoms with van der Waals surface area (Å²) in [4.78, 5) is 48.5. The van der Waals surface area contributed by atoms with Crippen LogP contribution in [0.5, 0.6) is 0 Å². The lowest BCUT2D eigenvalue weighted by Gasteiger charge is -2.09. The molecule has 0 heterocycles. The fourth-order valence-electron chi connectivity index (χ4n) is 3.33. The monoisotopic (exact) mass is 478 g/mol. The van der Waals surface area contributed by atoms with Crippen molar-refractivity contribution in [3.05, 3.63) is 125 Å². The normalized spacial score (nSPS) is 10.2. The first-order valence-corrected chi connectivity index (χ1v) is 11.0. The summed E-state index contributed by atoms with van der Waals surface area (Å²) in [5, 5.41) is 8.32. The zero-order chi connectivity index (χ0) is 25.5. The highest BCUT2D eigenvalue weighted by Gasteiger charge is 2.11. The van der Waals surface area contributed by atoms with Crippen molar-refractivity contribution >= 4 is 40.7 Å². The van der Waals surface area contributed by atoms with E-state index in [1.807, 2.05) is 18.2 Å². The van der Waals surface area contributed by atoms with Crippen molar-refractivity contribution in [2.24, 2.45) is 5.73 Å². The molecule has 4 rings (SSSR count). The van der Waals surface area contributed by atoms with Crippen LogP contribution in [-0.2, 0) is 0 Å². The van der Waals surface area contributed by atoms with E-state index in [0.29, 0.717) is 39.3 Å². The number of anilines is 3. The van der Waals surface area contributed by atoms with Gasteiger partial charge in [-0.05, 0) is 84.9 Å². The summed E-state index contributed by atoms with van der Waals surface area (Å²) in [6.45, 7) is 0. The van der Waals surface area contributed by atoms with E-state index in [1.54, 1.807) is 60.7 Å². The molecule has 4 amide bonds. The zero-order valence-electron chi connectivity index (χ0n) is 19.0. The molecule has 0 atom stereocenters. The number of carbonyl (C=O) groups is 4. The van der Waals surface area contributed by atoms with Crippen LogP contribution in [0.2, 0.25) is 0 Å². The molecule has 0 bridgehead atoms. The predicted molar refractivity (Wildman–Crippen MR) is 138 cm³/mol. The van der Waals surface area contributed by atoms with Crippen LogP contribution in [0.4, 0.5) is 17.1 Å². The molecule has 178 valence electrons. The van der Waals surface area contributed by atoms with Crippen LogP contribution in [0, 0.1) is 0 Å². The molecule has 36 heavy (non-hydrogen) atoms. The molecule has 8 nitrogen and oxygen atoms in total. The maximum Gasteiger partial charge on any atom is 0.255 e. The van der Waals surface area contributed by atoms with E-state index < -0.39 is 5.91 Å². The van der Waals surface area contributed by atoms with Crippen LogP contribution in [0.3, 0.4) is 0 Å². The van der Waals surface area contributed by atoms with Crippen molar-refractivity contribution in [1.29, 1.82) is 0 Å². The first-order valence-electron chi connectivity index (χ1n) is 11.0. The second-order valence-corrected chi connectivity index (χ2v) is 7.82. The van der Waals surface area contributed by atoms with Gasteiger partial charge in [0.15, 0.2) is 0 Å². The van der Waals surface area contributed by atoms with Crippen molar-refractivity contribution in [2.75, 3.05) is 16.0 Å². The molecule has 5 N–H and O–H groups in total. The third kappa shape index (κ3) is 6.00. The smallest absolute Gasteiger partial charge is 0.255 e. The molecule has 0 radical (unpaired) electrons. The van der Waals surface area contributed by atoms with E-state index in [4.69, 9.17) is 5.73 Å². The Morgan fingerprint density at radius 2 is 0.722 bits per heavy atom. The average molecular weight is 479 g/mol. The first kappa shape index (κ1) is 23.9. The number of primary amides is 1. The summed E-state index contributed by atoms with van der Waals surface area (Å²) in [6.07, 6.45) is 0. The van der Waals surface area contributed by atoms with Gasteiger partial charge >= 0.3 is 0 Å². The van der Waals surface area contributed by atoms with Gasteiger partial charge in [0.05, 0.1) is 0 Å². The number of benzene rings is 4. The fourth-order valence-corrected chi connectivity index (χ4v) is 3.33. The van der Waals surface area contributed by atoms with Crippen molar-refractivity contribution in [2.45, 2.75) is 0 Å². The lowest BCUT2D eigenvalue weighted by atomic mass is 10.1. The maximum absolute atomic E-state index is 12.6. The van der Waals surface area contributed by atoms with E-state index >= 15 is 0 Å². The molecular formula is C28H22N4O4. The second-order valence-electron chi connectivity index (χ2n) is 7.82. The number of nitrogens with one attached hydrogen (secondary N) is 3. The van der Waals surface area contributed by atoms with Crippen molar-refractivity contribution < 1.29 is 19.2 Å². The Kier molecular flexibility index (Phi) is 7.17. The number of nitrogens with two attached hydrogens (primary N) is 1. The largest absolute Gasteiger partial charge is 0.366 e. The Hall–Kier alpha value is -5.24. The van der Waals surface area contributed by atoms with Gasteiger partial charge in [0.2, 0.25) is 5.91 Å². The van der Waals surface area contributed by atoms with E-state index in [2.05, 4.69) is 16.0 Å². The van der Waals surface area contributed by atoms with Crippen LogP contribution in [0.25, 0.3) is 0 Å². The summed E-state index contributed by atoms with van der Waals surface area (Å²) in [5.41, 5.74) is 8.47. The fraction of sp³-hybridized carbons (Fsp3) is 0. The van der Waals surface area contributed by atoms with Gasteiger partial charge in [0.1, 0.15) is 0 Å². The van der Waals surface area contributed by atoms with Crippen LogP contribution in [0.1, 0.15) is 41.4 Å². The lowest BCUT2D eigenvalue weighted by Crippen LogP contribution is -2.15. The Balaban J connectivity index is 1.33. The number of para-hydroxylation sites is 1. The molecule has 8 heteroatoms. The Bertz CT molecular complexity index is 1400. The second kappa shape index (κ2) is 10.8. The van der Waals surface area contributed by atoms with Crippen molar-refractivity contribution in [3.8, 4) is 0 Å². The summed E-state index contributed by atoms with van der Waals surface area (Å²) in [5.74, 6) is -1.52. The molecule has 0 saturated heterocycles. The quantitative estimate of drug-likeness (QED) is 0.311. The van der Waals surface area contributed by atoms with Crippen LogP contribution in [-0.4, -0.2) is 23.6 Å². The number of hydrogen-bond donors (Lipinski definition) is 4. The first-order chi connectivity index (χ1) is 17.4. The Morgan fingerprint density at radius 3 is 1.06 bits per heavy atom. The lowest BCUT2D eigenvalue weighted by molar-refractivity contribution is 0.0994. The van der Waals surface area contributed by atoms with Gasteiger partial charge in [0, 0.05) is 39.3 Å². The number of hydrogen-bond acceptors (Lipinski definition) is 4. The van der Waals surface area contributed by atoms with Crippen molar-refractivity contribution in [3.63, 3.8) is 0 Å². The highest BCUT2D eigenvalue weighted by molar-refractivity contribution is 6.08. The maximum atomic E-state index is 12.6. The summed E-state index contributed by atoms with van der Waals surface area (Å²) in [7, 11) is 0. The molecule has 0 aliphatic heterocycles. The number of carbonyl (C=O) groups excluding carboxylic acids is 4. The molecule has 0 fully saturated rings. The van der Waals surface area contributed by atoms with Gasteiger partial charge in [-0.25, -0.2) is 0 Å². The summed E-state index contributed by atoms with van der Waals surface area (Å²) < 4.78 is 0. The van der Waals surface area contributed by atoms with Crippen molar-refractivity contribution in [1.82, 2.24) is 0 Å². The minimum absolute atomic E-state index is 0.269. The summed E-state index contributed by atoms with van der Waals surface area (Å²) >= 11 is 0. The molecule has 0 unspecified atom stereocenters. The molecule has 0 aliphatic carbocycles. The molecule has 0 aromatic heterocycles. The van der Waals surface area contributed by atoms with Gasteiger partial charge in [-0.2, -0.15) is 0 Å². The third-order valence-corrected chi connectivity index (χ3v) is 5.27. The van der Waals surface area contributed by atoms with E-state index in [-0.39, 0.29) is 17.7 Å². The molecule has 0 spiro atoms. The molecule has 4 aromatic carbocycles. The number of rotatable bonds is 7. The van der Waals surface area contributed by atoms with Crippen LogP contribution >= 0.6 is 0 Å². The van der Waals surface area contributed by atoms with Crippen LogP contribution in [0.15, 0.2) is 103 Å². The molecule has 4 aromatic rings. The average Bonchev–Trinajstić information content (AvgIpc) is 2.90. The molecular weight excluding hydrogens is 456 g/mol. The number of amides is 4.